The van der Waals surface area contributed by atoms with Crippen molar-refractivity contribution in [3.8, 4) is 0 Å². The topological polar surface area (TPSA) is 90.7 Å². The maximum Gasteiger partial charge on any atom is 0.246 e. The van der Waals surface area contributed by atoms with Crippen LogP contribution in [-0.4, -0.2) is 44.8 Å². The fourth-order valence-electron chi connectivity index (χ4n) is 0.976. The Labute approximate surface area is 89.1 Å². The second-order valence-corrected chi connectivity index (χ2v) is 3.18. The van der Waals surface area contributed by atoms with Crippen LogP contribution in [0.2, 0.25) is 0 Å². The number of methoxy groups -OCH3 is 1. The highest BCUT2D eigenvalue weighted by Crippen LogP contribution is 1.89. The van der Waals surface area contributed by atoms with Crippen molar-refractivity contribution in [2.45, 2.75) is 19.4 Å². The first-order valence-electron chi connectivity index (χ1n) is 4.70. The molecule has 0 bridgehead atoms. The van der Waals surface area contributed by atoms with Crippen molar-refractivity contribution < 1.29 is 19.1 Å². The molecule has 88 valence electrons. The summed E-state index contributed by atoms with van der Waals surface area (Å²) in [4.78, 5) is 21.7. The van der Waals surface area contributed by atoms with Gasteiger partial charge < -0.3 is 20.5 Å². The molecule has 0 aliphatic carbocycles. The van der Waals surface area contributed by atoms with Crippen molar-refractivity contribution in [1.82, 2.24) is 5.32 Å². The second kappa shape index (κ2) is 8.19. The van der Waals surface area contributed by atoms with Crippen LogP contribution in [0.3, 0.4) is 0 Å². The summed E-state index contributed by atoms with van der Waals surface area (Å²) in [5.74, 6) is -0.706. The molecule has 1 atom stereocenters. The number of nitrogens with one attached hydrogen (secondary N) is 1. The van der Waals surface area contributed by atoms with Gasteiger partial charge in [0.05, 0.1) is 13.2 Å². The van der Waals surface area contributed by atoms with E-state index in [1.165, 1.54) is 0 Å². The molecule has 6 nitrogen and oxygen atoms in total. The summed E-state index contributed by atoms with van der Waals surface area (Å²) >= 11 is 0. The van der Waals surface area contributed by atoms with Crippen molar-refractivity contribution in [2.75, 3.05) is 26.9 Å². The molecule has 0 radical (unpaired) electrons. The molecule has 6 heteroatoms. The Morgan fingerprint density at radius 3 is 2.60 bits per heavy atom. The predicted molar refractivity (Wildman–Crippen MR) is 54.1 cm³/mol. The lowest BCUT2D eigenvalue weighted by molar-refractivity contribution is -0.127. The lowest BCUT2D eigenvalue weighted by Gasteiger charge is -2.11. The molecule has 0 aliphatic heterocycles. The van der Waals surface area contributed by atoms with Crippen LogP contribution in [0.4, 0.5) is 0 Å². The number of primary amides is 1. The van der Waals surface area contributed by atoms with Gasteiger partial charge in [-0.1, -0.05) is 0 Å². The Morgan fingerprint density at radius 2 is 2.07 bits per heavy atom. The molecule has 0 saturated carbocycles. The predicted octanol–water partition coefficient (Wildman–Crippen LogP) is -0.970. The molecule has 0 aromatic rings. The number of carbonyl (C=O) groups is 2. The number of hydrogen-bond donors (Lipinski definition) is 2. The van der Waals surface area contributed by atoms with E-state index in [-0.39, 0.29) is 25.0 Å². The average molecular weight is 218 g/mol. The summed E-state index contributed by atoms with van der Waals surface area (Å²) in [6.07, 6.45) is 0.129. The Bertz CT molecular complexity index is 208. The molecule has 0 heterocycles. The lowest BCUT2D eigenvalue weighted by Crippen LogP contribution is -2.38. The third-order valence-corrected chi connectivity index (χ3v) is 1.58. The van der Waals surface area contributed by atoms with Crippen LogP contribution in [0.15, 0.2) is 0 Å². The van der Waals surface area contributed by atoms with Crippen LogP contribution in [0.25, 0.3) is 0 Å². The minimum atomic E-state index is -0.442. The minimum Gasteiger partial charge on any atom is -0.382 e. The highest BCUT2D eigenvalue weighted by Gasteiger charge is 2.09. The Balaban J connectivity index is 3.51. The average Bonchev–Trinajstić information content (AvgIpc) is 2.10. The van der Waals surface area contributed by atoms with E-state index in [9.17, 15) is 9.59 Å². The summed E-state index contributed by atoms with van der Waals surface area (Å²) in [7, 11) is 1.55. The lowest BCUT2D eigenvalue weighted by atomic mass is 10.2. The fourth-order valence-corrected chi connectivity index (χ4v) is 0.976. The Kier molecular flexibility index (Phi) is 7.57. The summed E-state index contributed by atoms with van der Waals surface area (Å²) in [5, 5.41) is 2.58. The zero-order valence-corrected chi connectivity index (χ0v) is 9.12. The molecular formula is C9H18N2O4. The second-order valence-electron chi connectivity index (χ2n) is 3.18. The Hall–Kier alpha value is -1.14. The van der Waals surface area contributed by atoms with Gasteiger partial charge in [0.25, 0.3) is 0 Å². The SMILES string of the molecule is COCCOCC(=O)NC(C)CC(N)=O. The molecule has 1 unspecified atom stereocenters. The molecule has 0 spiro atoms. The van der Waals surface area contributed by atoms with Gasteiger partial charge >= 0.3 is 0 Å². The van der Waals surface area contributed by atoms with Crippen molar-refractivity contribution in [3.05, 3.63) is 0 Å². The largest absolute Gasteiger partial charge is 0.382 e. The van der Waals surface area contributed by atoms with E-state index in [1.807, 2.05) is 0 Å². The smallest absolute Gasteiger partial charge is 0.246 e. The third kappa shape index (κ3) is 9.17. The van der Waals surface area contributed by atoms with Crippen LogP contribution >= 0.6 is 0 Å². The molecule has 0 rings (SSSR count). The van der Waals surface area contributed by atoms with Crippen LogP contribution in [0.1, 0.15) is 13.3 Å². The molecular weight excluding hydrogens is 200 g/mol. The summed E-state index contributed by atoms with van der Waals surface area (Å²) < 4.78 is 9.73. The molecule has 0 aromatic heterocycles. The number of carbonyl (C=O) groups excluding carboxylic acids is 2. The van der Waals surface area contributed by atoms with Gasteiger partial charge in [0.2, 0.25) is 11.8 Å². The van der Waals surface area contributed by atoms with Gasteiger partial charge in [-0.3, -0.25) is 9.59 Å². The first kappa shape index (κ1) is 13.9. The zero-order valence-electron chi connectivity index (χ0n) is 9.12. The van der Waals surface area contributed by atoms with E-state index in [1.54, 1.807) is 14.0 Å². The van der Waals surface area contributed by atoms with Crippen molar-refractivity contribution in [3.63, 3.8) is 0 Å². The van der Waals surface area contributed by atoms with Gasteiger partial charge in [-0.25, -0.2) is 0 Å². The van der Waals surface area contributed by atoms with Gasteiger partial charge in [0.15, 0.2) is 0 Å². The third-order valence-electron chi connectivity index (χ3n) is 1.58. The first-order valence-corrected chi connectivity index (χ1v) is 4.70. The van der Waals surface area contributed by atoms with Crippen molar-refractivity contribution in [1.29, 1.82) is 0 Å². The quantitative estimate of drug-likeness (QED) is 0.513. The van der Waals surface area contributed by atoms with Gasteiger partial charge in [0.1, 0.15) is 6.61 Å². The standard InChI is InChI=1S/C9H18N2O4/c1-7(5-8(10)12)11-9(13)6-15-4-3-14-2/h7H,3-6H2,1-2H3,(H2,10,12)(H,11,13). The minimum absolute atomic E-state index is 0.0353. The highest BCUT2D eigenvalue weighted by molar-refractivity contribution is 5.79. The van der Waals surface area contributed by atoms with Crippen molar-refractivity contribution in [2.24, 2.45) is 5.73 Å². The van der Waals surface area contributed by atoms with E-state index >= 15 is 0 Å². The maximum atomic E-state index is 11.2. The van der Waals surface area contributed by atoms with Crippen LogP contribution in [-0.2, 0) is 19.1 Å². The maximum absolute atomic E-state index is 11.2. The van der Waals surface area contributed by atoms with Gasteiger partial charge in [-0.05, 0) is 6.92 Å². The first-order chi connectivity index (χ1) is 7.06. The van der Waals surface area contributed by atoms with Gasteiger partial charge in [0, 0.05) is 19.6 Å². The normalized spacial score (nSPS) is 12.1. The molecule has 0 aliphatic rings. The number of hydrogen-bond acceptors (Lipinski definition) is 4. The van der Waals surface area contributed by atoms with E-state index in [2.05, 4.69) is 5.32 Å². The number of nitrogens with two attached hydrogens (primary N) is 1. The highest BCUT2D eigenvalue weighted by atomic mass is 16.5. The summed E-state index contributed by atoms with van der Waals surface area (Å²) in [6.45, 7) is 2.49. The van der Waals surface area contributed by atoms with Crippen LogP contribution in [0, 0.1) is 0 Å². The molecule has 0 saturated heterocycles. The van der Waals surface area contributed by atoms with E-state index in [4.69, 9.17) is 15.2 Å². The van der Waals surface area contributed by atoms with Gasteiger partial charge in [-0.2, -0.15) is 0 Å². The number of amides is 2. The molecule has 2 amide bonds. The molecule has 0 fully saturated rings. The van der Waals surface area contributed by atoms with E-state index in [0.29, 0.717) is 13.2 Å². The molecule has 15 heavy (non-hydrogen) atoms. The van der Waals surface area contributed by atoms with Crippen LogP contribution < -0.4 is 11.1 Å². The summed E-state index contributed by atoms with van der Waals surface area (Å²) in [6, 6.07) is -0.263. The van der Waals surface area contributed by atoms with Crippen LogP contribution in [0.5, 0.6) is 0 Å². The van der Waals surface area contributed by atoms with E-state index in [0.717, 1.165) is 0 Å². The number of ether oxygens (including phenoxy) is 2. The molecule has 3 N–H and O–H groups in total. The fraction of sp³-hybridized carbons (Fsp3) is 0.778. The van der Waals surface area contributed by atoms with E-state index < -0.39 is 5.91 Å². The monoisotopic (exact) mass is 218 g/mol. The number of rotatable bonds is 8. The zero-order chi connectivity index (χ0) is 11.7. The molecule has 0 aromatic carbocycles. The Morgan fingerprint density at radius 1 is 1.40 bits per heavy atom. The van der Waals surface area contributed by atoms with Gasteiger partial charge in [-0.15, -0.1) is 0 Å². The summed E-state index contributed by atoms with van der Waals surface area (Å²) in [5.41, 5.74) is 4.97. The van der Waals surface area contributed by atoms with Crippen molar-refractivity contribution >= 4 is 11.8 Å².